The Bertz CT molecular complexity index is 657. The molecule has 0 radical (unpaired) electrons. The minimum absolute atomic E-state index is 0.0251. The molecule has 3 heterocycles. The third-order valence-electron chi connectivity index (χ3n) is 4.39. The second-order valence-electron chi connectivity index (χ2n) is 6.05. The van der Waals surface area contributed by atoms with E-state index in [1.807, 2.05) is 24.3 Å². The number of hydrogen-bond donors (Lipinski definition) is 0. The van der Waals surface area contributed by atoms with E-state index < -0.39 is 0 Å². The van der Waals surface area contributed by atoms with Crippen LogP contribution in [0.15, 0.2) is 24.3 Å². The maximum atomic E-state index is 12.9. The highest BCUT2D eigenvalue weighted by atomic mass is 32.1. The SMILES string of the molecule is O=C(C1CCCO1)N(CC1CCCO1)c1nc2ccccc2s1. The number of para-hydroxylation sites is 1. The van der Waals surface area contributed by atoms with Crippen molar-refractivity contribution in [3.8, 4) is 0 Å². The maximum absolute atomic E-state index is 12.9. The Balaban J connectivity index is 1.63. The molecule has 0 bridgehead atoms. The van der Waals surface area contributed by atoms with E-state index in [4.69, 9.17) is 9.47 Å². The van der Waals surface area contributed by atoms with Crippen LogP contribution in [0.5, 0.6) is 0 Å². The largest absolute Gasteiger partial charge is 0.376 e. The first kappa shape index (κ1) is 15.1. The van der Waals surface area contributed by atoms with Crippen molar-refractivity contribution in [2.45, 2.75) is 37.9 Å². The highest BCUT2D eigenvalue weighted by molar-refractivity contribution is 7.22. The van der Waals surface area contributed by atoms with Crippen LogP contribution in [0.2, 0.25) is 0 Å². The third-order valence-corrected chi connectivity index (χ3v) is 5.45. The molecule has 0 N–H and O–H groups in total. The van der Waals surface area contributed by atoms with E-state index in [0.29, 0.717) is 13.2 Å². The van der Waals surface area contributed by atoms with E-state index in [0.717, 1.165) is 47.6 Å². The first-order chi connectivity index (χ1) is 11.3. The van der Waals surface area contributed by atoms with Crippen molar-refractivity contribution in [3.05, 3.63) is 24.3 Å². The van der Waals surface area contributed by atoms with Gasteiger partial charge in [0.25, 0.3) is 5.91 Å². The van der Waals surface area contributed by atoms with Crippen molar-refractivity contribution in [1.29, 1.82) is 0 Å². The first-order valence-corrected chi connectivity index (χ1v) is 9.03. The molecule has 5 nitrogen and oxygen atoms in total. The number of hydrogen-bond acceptors (Lipinski definition) is 5. The van der Waals surface area contributed by atoms with Gasteiger partial charge in [-0.1, -0.05) is 23.5 Å². The van der Waals surface area contributed by atoms with Crippen LogP contribution in [-0.4, -0.2) is 42.9 Å². The number of carbonyl (C=O) groups is 1. The molecular formula is C17H20N2O3S. The topological polar surface area (TPSA) is 51.7 Å². The summed E-state index contributed by atoms with van der Waals surface area (Å²) in [5, 5.41) is 0.752. The molecule has 0 saturated carbocycles. The van der Waals surface area contributed by atoms with E-state index in [1.165, 1.54) is 0 Å². The normalized spacial score (nSPS) is 24.3. The average Bonchev–Trinajstić information content (AvgIpc) is 3.32. The fourth-order valence-electron chi connectivity index (χ4n) is 3.18. The molecule has 2 unspecified atom stereocenters. The Morgan fingerprint density at radius 1 is 1.22 bits per heavy atom. The number of fused-ring (bicyclic) bond motifs is 1. The molecule has 122 valence electrons. The Labute approximate surface area is 139 Å². The van der Waals surface area contributed by atoms with Crippen molar-refractivity contribution in [1.82, 2.24) is 4.98 Å². The van der Waals surface area contributed by atoms with Crippen LogP contribution >= 0.6 is 11.3 Å². The molecule has 2 aliphatic rings. The lowest BCUT2D eigenvalue weighted by molar-refractivity contribution is -0.127. The summed E-state index contributed by atoms with van der Waals surface area (Å²) in [6.45, 7) is 2.02. The van der Waals surface area contributed by atoms with Crippen molar-refractivity contribution in [2.24, 2.45) is 0 Å². The highest BCUT2D eigenvalue weighted by Gasteiger charge is 2.33. The summed E-state index contributed by atoms with van der Waals surface area (Å²) in [6.07, 6.45) is 3.58. The molecule has 1 aromatic heterocycles. The van der Waals surface area contributed by atoms with Gasteiger partial charge in [-0.05, 0) is 37.8 Å². The van der Waals surface area contributed by atoms with Gasteiger partial charge < -0.3 is 9.47 Å². The van der Waals surface area contributed by atoms with Crippen LogP contribution in [0.25, 0.3) is 10.2 Å². The Morgan fingerprint density at radius 3 is 2.78 bits per heavy atom. The van der Waals surface area contributed by atoms with Gasteiger partial charge in [-0.15, -0.1) is 0 Å². The lowest BCUT2D eigenvalue weighted by Gasteiger charge is -2.25. The van der Waals surface area contributed by atoms with E-state index in [-0.39, 0.29) is 18.1 Å². The van der Waals surface area contributed by atoms with Gasteiger partial charge in [0.05, 0.1) is 22.9 Å². The second-order valence-corrected chi connectivity index (χ2v) is 7.06. The van der Waals surface area contributed by atoms with E-state index in [1.54, 1.807) is 16.2 Å². The minimum Gasteiger partial charge on any atom is -0.376 e. The lowest BCUT2D eigenvalue weighted by atomic mass is 10.2. The summed E-state index contributed by atoms with van der Waals surface area (Å²) in [5.74, 6) is 0.0251. The molecule has 1 amide bonds. The summed E-state index contributed by atoms with van der Waals surface area (Å²) in [6, 6.07) is 7.99. The monoisotopic (exact) mass is 332 g/mol. The smallest absolute Gasteiger partial charge is 0.257 e. The fraction of sp³-hybridized carbons (Fsp3) is 0.529. The van der Waals surface area contributed by atoms with Crippen LogP contribution in [-0.2, 0) is 14.3 Å². The molecule has 2 aromatic rings. The number of benzene rings is 1. The molecule has 2 atom stereocenters. The molecule has 1 aromatic carbocycles. The second kappa shape index (κ2) is 6.55. The highest BCUT2D eigenvalue weighted by Crippen LogP contribution is 2.31. The van der Waals surface area contributed by atoms with E-state index in [9.17, 15) is 4.79 Å². The van der Waals surface area contributed by atoms with Crippen molar-refractivity contribution < 1.29 is 14.3 Å². The van der Waals surface area contributed by atoms with Crippen LogP contribution in [0.3, 0.4) is 0 Å². The number of amides is 1. The fourth-order valence-corrected chi connectivity index (χ4v) is 4.16. The van der Waals surface area contributed by atoms with Crippen LogP contribution in [0, 0.1) is 0 Å². The summed E-state index contributed by atoms with van der Waals surface area (Å²) in [7, 11) is 0. The van der Waals surface area contributed by atoms with Crippen LogP contribution < -0.4 is 4.90 Å². The molecule has 0 aliphatic carbocycles. The summed E-state index contributed by atoms with van der Waals surface area (Å²) in [4.78, 5) is 19.4. The van der Waals surface area contributed by atoms with Crippen molar-refractivity contribution in [3.63, 3.8) is 0 Å². The first-order valence-electron chi connectivity index (χ1n) is 8.21. The number of nitrogens with zero attached hydrogens (tertiary/aromatic N) is 2. The Hall–Kier alpha value is -1.50. The van der Waals surface area contributed by atoms with Gasteiger partial charge in [-0.2, -0.15) is 0 Å². The number of carbonyl (C=O) groups excluding carboxylic acids is 1. The van der Waals surface area contributed by atoms with E-state index >= 15 is 0 Å². The summed E-state index contributed by atoms with van der Waals surface area (Å²) in [5.41, 5.74) is 0.935. The lowest BCUT2D eigenvalue weighted by Crippen LogP contribution is -2.43. The van der Waals surface area contributed by atoms with Gasteiger partial charge in [0.1, 0.15) is 6.10 Å². The molecule has 2 aliphatic heterocycles. The average molecular weight is 332 g/mol. The van der Waals surface area contributed by atoms with Gasteiger partial charge >= 0.3 is 0 Å². The van der Waals surface area contributed by atoms with Crippen molar-refractivity contribution in [2.75, 3.05) is 24.7 Å². The third kappa shape index (κ3) is 3.11. The van der Waals surface area contributed by atoms with Gasteiger partial charge in [0.15, 0.2) is 5.13 Å². The Morgan fingerprint density at radius 2 is 2.04 bits per heavy atom. The Kier molecular flexibility index (Phi) is 4.29. The molecule has 6 heteroatoms. The zero-order valence-electron chi connectivity index (χ0n) is 12.9. The van der Waals surface area contributed by atoms with Gasteiger partial charge in [0.2, 0.25) is 0 Å². The predicted molar refractivity (Wildman–Crippen MR) is 89.9 cm³/mol. The van der Waals surface area contributed by atoms with Gasteiger partial charge in [0, 0.05) is 13.2 Å². The van der Waals surface area contributed by atoms with Gasteiger partial charge in [-0.25, -0.2) is 4.98 Å². The number of ether oxygens (including phenoxy) is 2. The van der Waals surface area contributed by atoms with Gasteiger partial charge in [-0.3, -0.25) is 9.69 Å². The standard InChI is InChI=1S/C17H20N2O3S/c20-16(14-7-4-10-22-14)19(11-12-5-3-9-21-12)17-18-13-6-1-2-8-15(13)23-17/h1-2,6,8,12,14H,3-5,7,9-11H2. The molecule has 2 fully saturated rings. The molecular weight excluding hydrogens is 312 g/mol. The van der Waals surface area contributed by atoms with Crippen LogP contribution in [0.1, 0.15) is 25.7 Å². The summed E-state index contributed by atoms with van der Waals surface area (Å²) < 4.78 is 12.4. The molecule has 2 saturated heterocycles. The molecule has 0 spiro atoms. The molecule has 4 rings (SSSR count). The number of rotatable bonds is 4. The maximum Gasteiger partial charge on any atom is 0.257 e. The van der Waals surface area contributed by atoms with Crippen LogP contribution in [0.4, 0.5) is 5.13 Å². The minimum atomic E-state index is -0.330. The quantitative estimate of drug-likeness (QED) is 0.864. The molecule has 23 heavy (non-hydrogen) atoms. The van der Waals surface area contributed by atoms with Crippen molar-refractivity contribution >= 4 is 32.6 Å². The number of aromatic nitrogens is 1. The van der Waals surface area contributed by atoms with E-state index in [2.05, 4.69) is 4.98 Å². The number of anilines is 1. The number of thiazole rings is 1. The zero-order valence-corrected chi connectivity index (χ0v) is 13.8. The predicted octanol–water partition coefficient (Wildman–Crippen LogP) is 2.99. The zero-order chi connectivity index (χ0) is 15.6. The summed E-state index contributed by atoms with van der Waals surface area (Å²) >= 11 is 1.56.